The predicted octanol–water partition coefficient (Wildman–Crippen LogP) is 1.83. The Bertz CT molecular complexity index is 643. The maximum atomic E-state index is 12.5. The van der Waals surface area contributed by atoms with Gasteiger partial charge in [-0.2, -0.15) is 0 Å². The van der Waals surface area contributed by atoms with E-state index < -0.39 is 0 Å². The second-order valence-electron chi connectivity index (χ2n) is 5.27. The van der Waals surface area contributed by atoms with Crippen LogP contribution in [0.3, 0.4) is 0 Å². The number of amides is 2. The highest BCUT2D eigenvalue weighted by Gasteiger charge is 2.27. The highest BCUT2D eigenvalue weighted by Crippen LogP contribution is 2.17. The van der Waals surface area contributed by atoms with E-state index in [1.54, 1.807) is 18.2 Å². The molecule has 1 saturated heterocycles. The molecular weight excluding hydrogens is 284 g/mol. The Balaban J connectivity index is 1.68. The Morgan fingerprint density at radius 3 is 3.41 bits per heavy atom. The van der Waals surface area contributed by atoms with E-state index in [4.69, 9.17) is 9.47 Å². The number of morpholine rings is 1. The summed E-state index contributed by atoms with van der Waals surface area (Å²) in [6.07, 6.45) is 4.32. The zero-order valence-electron chi connectivity index (χ0n) is 12.5. The van der Waals surface area contributed by atoms with Crippen LogP contribution in [0, 0.1) is 0 Å². The van der Waals surface area contributed by atoms with E-state index >= 15 is 0 Å². The van der Waals surface area contributed by atoms with Crippen molar-refractivity contribution in [1.29, 1.82) is 0 Å². The minimum atomic E-state index is -0.146. The largest absolute Gasteiger partial charge is 0.385 e. The van der Waals surface area contributed by atoms with Gasteiger partial charge in [0.15, 0.2) is 0 Å². The number of fused-ring (bicyclic) bond motifs is 1. The number of nitrogens with zero attached hydrogens (tertiary/aromatic N) is 2. The van der Waals surface area contributed by atoms with Gasteiger partial charge in [0, 0.05) is 31.8 Å². The van der Waals surface area contributed by atoms with Crippen LogP contribution in [0.25, 0.3) is 10.9 Å². The Morgan fingerprint density at radius 2 is 2.55 bits per heavy atom. The first-order valence-corrected chi connectivity index (χ1v) is 7.35. The molecule has 1 fully saturated rings. The molecule has 2 aromatic heterocycles. The molecule has 3 heterocycles. The van der Waals surface area contributed by atoms with Crippen LogP contribution >= 0.6 is 0 Å². The van der Waals surface area contributed by atoms with Crippen molar-refractivity contribution in [3.63, 3.8) is 0 Å². The van der Waals surface area contributed by atoms with E-state index in [1.807, 2.05) is 18.3 Å². The number of rotatable bonds is 4. The summed E-state index contributed by atoms with van der Waals surface area (Å²) in [6.45, 7) is 2.28. The summed E-state index contributed by atoms with van der Waals surface area (Å²) >= 11 is 0. The summed E-state index contributed by atoms with van der Waals surface area (Å²) < 4.78 is 10.6. The van der Waals surface area contributed by atoms with Gasteiger partial charge in [-0.3, -0.25) is 5.32 Å². The third kappa shape index (κ3) is 3.20. The molecule has 0 saturated carbocycles. The van der Waals surface area contributed by atoms with E-state index in [9.17, 15) is 4.79 Å². The van der Waals surface area contributed by atoms with Crippen LogP contribution in [0.2, 0.25) is 0 Å². The minimum absolute atomic E-state index is 0.0321. The number of carbonyl (C=O) groups excluding carboxylic acids is 1. The van der Waals surface area contributed by atoms with E-state index in [1.165, 1.54) is 0 Å². The molecule has 1 aliphatic rings. The molecule has 2 amide bonds. The number of anilines is 1. The Labute approximate surface area is 128 Å². The number of urea groups is 1. The molecule has 118 valence electrons. The van der Waals surface area contributed by atoms with Crippen LogP contribution in [0.1, 0.15) is 6.42 Å². The van der Waals surface area contributed by atoms with Crippen molar-refractivity contribution in [3.8, 4) is 0 Å². The number of pyridine rings is 1. The highest BCUT2D eigenvalue weighted by atomic mass is 16.5. The lowest BCUT2D eigenvalue weighted by molar-refractivity contribution is 0.00448. The van der Waals surface area contributed by atoms with E-state index in [0.717, 1.165) is 17.3 Å². The van der Waals surface area contributed by atoms with Crippen LogP contribution in [-0.2, 0) is 9.47 Å². The van der Waals surface area contributed by atoms with Gasteiger partial charge in [0.1, 0.15) is 5.82 Å². The van der Waals surface area contributed by atoms with Crippen LogP contribution in [0.5, 0.6) is 0 Å². The molecule has 0 spiro atoms. The van der Waals surface area contributed by atoms with E-state index in [-0.39, 0.29) is 12.1 Å². The monoisotopic (exact) mass is 304 g/mol. The first kappa shape index (κ1) is 14.8. The van der Waals surface area contributed by atoms with Gasteiger partial charge in [-0.05, 0) is 18.6 Å². The molecule has 0 aliphatic carbocycles. The molecule has 1 unspecified atom stereocenters. The van der Waals surface area contributed by atoms with Gasteiger partial charge in [-0.15, -0.1) is 0 Å². The summed E-state index contributed by atoms with van der Waals surface area (Å²) in [7, 11) is 1.66. The third-order valence-corrected chi connectivity index (χ3v) is 3.82. The molecule has 0 aromatic carbocycles. The van der Waals surface area contributed by atoms with Crippen LogP contribution in [0.4, 0.5) is 10.6 Å². The standard InChI is InChI=1S/C15H20N4O3/c1-21-6-3-12-10-22-7-5-19(12)15(20)18-14-8-11-2-4-16-13(11)9-17-14/h2,4,8-9,12,16H,3,5-7,10H2,1H3,(H,17,18,20). The van der Waals surface area contributed by atoms with Gasteiger partial charge >= 0.3 is 6.03 Å². The molecule has 0 radical (unpaired) electrons. The number of ether oxygens (including phenoxy) is 2. The number of aromatic amines is 1. The molecule has 1 atom stereocenters. The highest BCUT2D eigenvalue weighted by molar-refractivity contribution is 5.91. The number of methoxy groups -OCH3 is 1. The van der Waals surface area contributed by atoms with Crippen molar-refractivity contribution < 1.29 is 14.3 Å². The molecule has 3 rings (SSSR count). The van der Waals surface area contributed by atoms with Crippen molar-refractivity contribution in [2.75, 3.05) is 38.8 Å². The molecule has 2 N–H and O–H groups in total. The number of hydrogen-bond acceptors (Lipinski definition) is 4. The fourth-order valence-electron chi connectivity index (χ4n) is 2.62. The molecule has 1 aliphatic heterocycles. The maximum absolute atomic E-state index is 12.5. The third-order valence-electron chi connectivity index (χ3n) is 3.82. The van der Waals surface area contributed by atoms with Gasteiger partial charge in [-0.1, -0.05) is 0 Å². The molecule has 0 bridgehead atoms. The van der Waals surface area contributed by atoms with Crippen molar-refractivity contribution in [3.05, 3.63) is 24.5 Å². The lowest BCUT2D eigenvalue weighted by atomic mass is 10.2. The first-order valence-electron chi connectivity index (χ1n) is 7.35. The number of hydrogen-bond donors (Lipinski definition) is 2. The van der Waals surface area contributed by atoms with E-state index in [0.29, 0.717) is 32.2 Å². The second kappa shape index (κ2) is 6.76. The zero-order chi connectivity index (χ0) is 15.4. The lowest BCUT2D eigenvalue weighted by Crippen LogP contribution is -2.50. The normalized spacial score (nSPS) is 18.6. The Hall–Kier alpha value is -2.12. The molecule has 7 nitrogen and oxygen atoms in total. The summed E-state index contributed by atoms with van der Waals surface area (Å²) in [5, 5.41) is 3.88. The number of nitrogens with one attached hydrogen (secondary N) is 2. The van der Waals surface area contributed by atoms with Gasteiger partial charge in [0.05, 0.1) is 31.0 Å². The molecule has 22 heavy (non-hydrogen) atoms. The maximum Gasteiger partial charge on any atom is 0.323 e. The fraction of sp³-hybridized carbons (Fsp3) is 0.467. The zero-order valence-corrected chi connectivity index (χ0v) is 12.5. The van der Waals surface area contributed by atoms with Gasteiger partial charge in [0.2, 0.25) is 0 Å². The number of aromatic nitrogens is 2. The van der Waals surface area contributed by atoms with Crippen LogP contribution in [0.15, 0.2) is 24.5 Å². The van der Waals surface area contributed by atoms with Crippen LogP contribution in [-0.4, -0.2) is 60.4 Å². The van der Waals surface area contributed by atoms with Crippen molar-refractivity contribution in [1.82, 2.24) is 14.9 Å². The van der Waals surface area contributed by atoms with Crippen LogP contribution < -0.4 is 5.32 Å². The number of H-pyrrole nitrogens is 1. The van der Waals surface area contributed by atoms with Gasteiger partial charge in [-0.25, -0.2) is 9.78 Å². The number of carbonyl (C=O) groups is 1. The van der Waals surface area contributed by atoms with Crippen molar-refractivity contribution in [2.45, 2.75) is 12.5 Å². The minimum Gasteiger partial charge on any atom is -0.385 e. The summed E-state index contributed by atoms with van der Waals surface area (Å²) in [5.41, 5.74) is 0.947. The first-order chi connectivity index (χ1) is 10.8. The summed E-state index contributed by atoms with van der Waals surface area (Å²) in [5.74, 6) is 0.550. The average molecular weight is 304 g/mol. The Kier molecular flexibility index (Phi) is 4.55. The smallest absolute Gasteiger partial charge is 0.323 e. The molecular formula is C15H20N4O3. The predicted molar refractivity (Wildman–Crippen MR) is 82.9 cm³/mol. The second-order valence-corrected chi connectivity index (χ2v) is 5.27. The van der Waals surface area contributed by atoms with Gasteiger partial charge in [0.25, 0.3) is 0 Å². The molecule has 2 aromatic rings. The SMILES string of the molecule is COCCC1COCCN1C(=O)Nc1cc2cc[nH]c2cn1. The lowest BCUT2D eigenvalue weighted by Gasteiger charge is -2.35. The summed E-state index contributed by atoms with van der Waals surface area (Å²) in [4.78, 5) is 21.6. The van der Waals surface area contributed by atoms with E-state index in [2.05, 4.69) is 15.3 Å². The topological polar surface area (TPSA) is 79.5 Å². The fourth-order valence-corrected chi connectivity index (χ4v) is 2.62. The summed E-state index contributed by atoms with van der Waals surface area (Å²) in [6, 6.07) is 3.69. The average Bonchev–Trinajstić information content (AvgIpc) is 3.00. The van der Waals surface area contributed by atoms with Gasteiger partial charge < -0.3 is 19.4 Å². The van der Waals surface area contributed by atoms with Crippen molar-refractivity contribution in [2.24, 2.45) is 0 Å². The van der Waals surface area contributed by atoms with Crippen molar-refractivity contribution >= 4 is 22.8 Å². The quantitative estimate of drug-likeness (QED) is 0.903. The molecule has 7 heteroatoms. The Morgan fingerprint density at radius 1 is 1.64 bits per heavy atom.